The first-order valence-corrected chi connectivity index (χ1v) is 10.2. The molecule has 0 amide bonds. The van der Waals surface area contributed by atoms with Crippen LogP contribution in [0.15, 0.2) is 70.6 Å². The number of nitrogens with zero attached hydrogens (tertiary/aromatic N) is 3. The highest BCUT2D eigenvalue weighted by Crippen LogP contribution is 2.32. The number of hydrogen-bond donors (Lipinski definition) is 0. The molecule has 0 radical (unpaired) electrons. The first-order chi connectivity index (χ1) is 15.3. The minimum absolute atomic E-state index is 0.214. The highest BCUT2D eigenvalue weighted by molar-refractivity contribution is 7.22. The lowest BCUT2D eigenvalue weighted by atomic mass is 10.2. The van der Waals surface area contributed by atoms with Gasteiger partial charge in [0.05, 0.1) is 28.3 Å². The van der Waals surface area contributed by atoms with Gasteiger partial charge >= 0.3 is 6.36 Å². The van der Waals surface area contributed by atoms with E-state index in [9.17, 15) is 18.0 Å². The molecule has 0 saturated carbocycles. The summed E-state index contributed by atoms with van der Waals surface area (Å²) in [6.07, 6.45) is -1.72. The van der Waals surface area contributed by atoms with E-state index in [1.165, 1.54) is 30.5 Å². The third-order valence-electron chi connectivity index (χ3n) is 4.37. The zero-order chi connectivity index (χ0) is 22.7. The average Bonchev–Trinajstić information content (AvgIpc) is 3.15. The molecule has 2 heterocycles. The van der Waals surface area contributed by atoms with Crippen LogP contribution in [0.3, 0.4) is 0 Å². The van der Waals surface area contributed by atoms with Crippen LogP contribution >= 0.6 is 11.3 Å². The van der Waals surface area contributed by atoms with Gasteiger partial charge in [-0.05, 0) is 17.7 Å². The minimum Gasteiger partial charge on any atom is -0.483 e. The van der Waals surface area contributed by atoms with E-state index in [0.29, 0.717) is 21.0 Å². The van der Waals surface area contributed by atoms with Gasteiger partial charge in [-0.15, -0.1) is 13.2 Å². The van der Waals surface area contributed by atoms with E-state index in [0.717, 1.165) is 16.9 Å². The van der Waals surface area contributed by atoms with Gasteiger partial charge in [-0.2, -0.15) is 0 Å². The van der Waals surface area contributed by atoms with Gasteiger partial charge in [-0.3, -0.25) is 4.79 Å². The molecular formula is C22H16F3N3O3S. The molecule has 0 unspecified atom stereocenters. The van der Waals surface area contributed by atoms with E-state index in [-0.39, 0.29) is 23.5 Å². The molecule has 0 N–H and O–H groups in total. The molecule has 0 saturated heterocycles. The summed E-state index contributed by atoms with van der Waals surface area (Å²) in [5.74, 6) is -0.108. The third-order valence-corrected chi connectivity index (χ3v) is 5.29. The first-order valence-electron chi connectivity index (χ1n) is 9.35. The lowest BCUT2D eigenvalue weighted by Crippen LogP contribution is -2.16. The summed E-state index contributed by atoms with van der Waals surface area (Å²) in [6, 6.07) is 14.8. The molecule has 0 aliphatic carbocycles. The Hall–Kier alpha value is -3.66. The maximum absolute atomic E-state index is 12.4. The van der Waals surface area contributed by atoms with Gasteiger partial charge in [-0.25, -0.2) is 9.98 Å². The molecule has 0 aliphatic rings. The van der Waals surface area contributed by atoms with E-state index >= 15 is 0 Å². The van der Waals surface area contributed by atoms with Crippen molar-refractivity contribution in [1.82, 2.24) is 9.55 Å². The van der Waals surface area contributed by atoms with E-state index in [1.54, 1.807) is 17.8 Å². The molecule has 4 rings (SSSR count). The van der Waals surface area contributed by atoms with Crippen molar-refractivity contribution in [1.29, 1.82) is 0 Å². The Morgan fingerprint density at radius 1 is 1.16 bits per heavy atom. The summed E-state index contributed by atoms with van der Waals surface area (Å²) in [6.45, 7) is 0.273. The van der Waals surface area contributed by atoms with Gasteiger partial charge in [0.15, 0.2) is 5.75 Å². The standard InChI is InChI=1S/C22H16F3N3O3S/c1-28-12-19(30-13-14-5-3-2-4-6-14)18(29)9-15(28)11-26-21-27-17-8-7-16(10-20(17)32-21)31-22(23,24)25/h2-12H,13H2,1H3/b26-11+. The fourth-order valence-corrected chi connectivity index (χ4v) is 3.70. The van der Waals surface area contributed by atoms with Crippen LogP contribution in [0.1, 0.15) is 11.3 Å². The number of aliphatic imine (C=N–C) groups is 1. The van der Waals surface area contributed by atoms with Crippen LogP contribution < -0.4 is 14.9 Å². The fraction of sp³-hybridized carbons (Fsp3) is 0.136. The zero-order valence-corrected chi connectivity index (χ0v) is 17.5. The average molecular weight is 459 g/mol. The second-order valence-corrected chi connectivity index (χ2v) is 7.75. The summed E-state index contributed by atoms with van der Waals surface area (Å²) >= 11 is 1.11. The second kappa shape index (κ2) is 8.83. The second-order valence-electron chi connectivity index (χ2n) is 6.74. The van der Waals surface area contributed by atoms with Crippen LogP contribution in [0, 0.1) is 0 Å². The third kappa shape index (κ3) is 5.33. The van der Waals surface area contributed by atoms with Gasteiger partial charge < -0.3 is 14.0 Å². The van der Waals surface area contributed by atoms with Crippen LogP contribution in [0.25, 0.3) is 10.2 Å². The molecule has 32 heavy (non-hydrogen) atoms. The van der Waals surface area contributed by atoms with Crippen molar-refractivity contribution in [3.05, 3.63) is 82.3 Å². The highest BCUT2D eigenvalue weighted by atomic mass is 32.1. The molecule has 0 spiro atoms. The van der Waals surface area contributed by atoms with Gasteiger partial charge in [0, 0.05) is 19.2 Å². The molecule has 0 aliphatic heterocycles. The van der Waals surface area contributed by atoms with Crippen molar-refractivity contribution < 1.29 is 22.6 Å². The summed E-state index contributed by atoms with van der Waals surface area (Å²) in [5, 5.41) is 0.334. The van der Waals surface area contributed by atoms with Crippen LogP contribution in [0.4, 0.5) is 18.3 Å². The molecular weight excluding hydrogens is 443 g/mol. The minimum atomic E-state index is -4.76. The summed E-state index contributed by atoms with van der Waals surface area (Å²) < 4.78 is 48.9. The van der Waals surface area contributed by atoms with Gasteiger partial charge in [0.25, 0.3) is 0 Å². The van der Waals surface area contributed by atoms with Gasteiger partial charge in [-0.1, -0.05) is 41.7 Å². The number of halogens is 3. The molecule has 0 bridgehead atoms. The number of alkyl halides is 3. The number of hydrogen-bond acceptors (Lipinski definition) is 6. The molecule has 0 atom stereocenters. The highest BCUT2D eigenvalue weighted by Gasteiger charge is 2.31. The normalized spacial score (nSPS) is 11.9. The predicted octanol–water partition coefficient (Wildman–Crippen LogP) is 5.22. The van der Waals surface area contributed by atoms with Crippen molar-refractivity contribution in [3.8, 4) is 11.5 Å². The number of benzene rings is 2. The lowest BCUT2D eigenvalue weighted by molar-refractivity contribution is -0.274. The number of thiazole rings is 1. The summed E-state index contributed by atoms with van der Waals surface area (Å²) in [4.78, 5) is 20.9. The van der Waals surface area contributed by atoms with Crippen molar-refractivity contribution in [2.24, 2.45) is 12.0 Å². The molecule has 164 valence electrons. The first kappa shape index (κ1) is 21.6. The smallest absolute Gasteiger partial charge is 0.483 e. The number of aromatic nitrogens is 2. The van der Waals surface area contributed by atoms with Crippen molar-refractivity contribution in [2.45, 2.75) is 13.0 Å². The topological polar surface area (TPSA) is 65.7 Å². The monoisotopic (exact) mass is 459 g/mol. The number of pyridine rings is 1. The number of rotatable bonds is 6. The van der Waals surface area contributed by atoms with Crippen LogP contribution in [-0.2, 0) is 13.7 Å². The Kier molecular flexibility index (Phi) is 5.95. The van der Waals surface area contributed by atoms with Crippen LogP contribution in [0.2, 0.25) is 0 Å². The van der Waals surface area contributed by atoms with Gasteiger partial charge in [0.2, 0.25) is 10.6 Å². The maximum Gasteiger partial charge on any atom is 0.573 e. The van der Waals surface area contributed by atoms with E-state index < -0.39 is 6.36 Å². The SMILES string of the molecule is Cn1cc(OCc2ccccc2)c(=O)cc1/C=N/c1nc2ccc(OC(F)(F)F)cc2s1. The summed E-state index contributed by atoms with van der Waals surface area (Å²) in [5.41, 5.74) is 1.66. The largest absolute Gasteiger partial charge is 0.573 e. The predicted molar refractivity (Wildman–Crippen MR) is 116 cm³/mol. The molecule has 2 aromatic carbocycles. The van der Waals surface area contributed by atoms with Crippen molar-refractivity contribution in [3.63, 3.8) is 0 Å². The Labute approximate surface area is 184 Å². The Morgan fingerprint density at radius 2 is 1.94 bits per heavy atom. The number of aryl methyl sites for hydroxylation is 1. The quantitative estimate of drug-likeness (QED) is 0.371. The number of ether oxygens (including phenoxy) is 2. The van der Waals surface area contributed by atoms with Crippen molar-refractivity contribution in [2.75, 3.05) is 0 Å². The van der Waals surface area contributed by atoms with Gasteiger partial charge in [0.1, 0.15) is 12.4 Å². The van der Waals surface area contributed by atoms with Crippen LogP contribution in [-0.4, -0.2) is 22.1 Å². The molecule has 0 fully saturated rings. The molecule has 6 nitrogen and oxygen atoms in total. The molecule has 4 aromatic rings. The Balaban J connectivity index is 1.50. The molecule has 2 aromatic heterocycles. The van der Waals surface area contributed by atoms with E-state index in [2.05, 4.69) is 14.7 Å². The van der Waals surface area contributed by atoms with Crippen LogP contribution in [0.5, 0.6) is 11.5 Å². The Bertz CT molecular complexity index is 1330. The fourth-order valence-electron chi connectivity index (χ4n) is 2.86. The number of fused-ring (bicyclic) bond motifs is 1. The molecule has 10 heteroatoms. The zero-order valence-electron chi connectivity index (χ0n) is 16.7. The lowest BCUT2D eigenvalue weighted by Gasteiger charge is -2.09. The summed E-state index contributed by atoms with van der Waals surface area (Å²) in [7, 11) is 1.75. The van der Waals surface area contributed by atoms with Crippen molar-refractivity contribution >= 4 is 32.9 Å². The van der Waals surface area contributed by atoms with E-state index in [1.807, 2.05) is 30.3 Å². The maximum atomic E-state index is 12.4. The van der Waals surface area contributed by atoms with E-state index in [4.69, 9.17) is 4.74 Å². The Morgan fingerprint density at radius 3 is 2.69 bits per heavy atom.